The standard InChI is InChI=1S/C11H22N2O2/c1-3-4-5-9(12)10(14)13-6-11(2)7-15-8-11/h9H,3-8,12H2,1-2H3,(H,13,14)/t9-/m0/s1. The fourth-order valence-electron chi connectivity index (χ4n) is 1.54. The van der Waals surface area contributed by atoms with Gasteiger partial charge in [0.15, 0.2) is 0 Å². The fourth-order valence-corrected chi connectivity index (χ4v) is 1.54. The Morgan fingerprint density at radius 2 is 2.27 bits per heavy atom. The molecule has 0 unspecified atom stereocenters. The van der Waals surface area contributed by atoms with E-state index in [-0.39, 0.29) is 17.4 Å². The Morgan fingerprint density at radius 3 is 2.73 bits per heavy atom. The minimum absolute atomic E-state index is 0.0309. The quantitative estimate of drug-likeness (QED) is 0.682. The van der Waals surface area contributed by atoms with E-state index in [1.165, 1.54) is 0 Å². The van der Waals surface area contributed by atoms with E-state index < -0.39 is 0 Å². The molecule has 0 spiro atoms. The number of carbonyl (C=O) groups is 1. The van der Waals surface area contributed by atoms with Crippen molar-refractivity contribution in [3.8, 4) is 0 Å². The second-order valence-corrected chi connectivity index (χ2v) is 4.77. The van der Waals surface area contributed by atoms with Gasteiger partial charge in [-0.1, -0.05) is 26.7 Å². The van der Waals surface area contributed by atoms with E-state index in [0.717, 1.165) is 32.5 Å². The van der Waals surface area contributed by atoms with Crippen LogP contribution in [-0.2, 0) is 9.53 Å². The molecular weight excluding hydrogens is 192 g/mol. The first kappa shape index (κ1) is 12.5. The Labute approximate surface area is 91.5 Å². The molecule has 1 aliphatic rings. The van der Waals surface area contributed by atoms with Crippen molar-refractivity contribution in [1.29, 1.82) is 0 Å². The maximum Gasteiger partial charge on any atom is 0.236 e. The summed E-state index contributed by atoms with van der Waals surface area (Å²) >= 11 is 0. The van der Waals surface area contributed by atoms with Crippen molar-refractivity contribution in [2.24, 2.45) is 11.1 Å². The molecule has 1 amide bonds. The van der Waals surface area contributed by atoms with Crippen molar-refractivity contribution in [1.82, 2.24) is 5.32 Å². The summed E-state index contributed by atoms with van der Waals surface area (Å²) in [5, 5.41) is 2.89. The van der Waals surface area contributed by atoms with Crippen LogP contribution < -0.4 is 11.1 Å². The summed E-state index contributed by atoms with van der Waals surface area (Å²) in [6.07, 6.45) is 2.86. The van der Waals surface area contributed by atoms with Gasteiger partial charge in [0.1, 0.15) is 0 Å². The number of ether oxygens (including phenoxy) is 1. The van der Waals surface area contributed by atoms with E-state index >= 15 is 0 Å². The number of amides is 1. The molecule has 4 nitrogen and oxygen atoms in total. The summed E-state index contributed by atoms with van der Waals surface area (Å²) in [5.41, 5.74) is 5.87. The lowest BCUT2D eigenvalue weighted by Gasteiger charge is -2.38. The SMILES string of the molecule is CCCC[C@H](N)C(=O)NCC1(C)COC1. The normalized spacial score (nSPS) is 20.5. The van der Waals surface area contributed by atoms with Gasteiger partial charge < -0.3 is 15.8 Å². The molecule has 15 heavy (non-hydrogen) atoms. The fraction of sp³-hybridized carbons (Fsp3) is 0.909. The first-order chi connectivity index (χ1) is 7.07. The molecule has 0 aromatic heterocycles. The highest BCUT2D eigenvalue weighted by atomic mass is 16.5. The zero-order valence-electron chi connectivity index (χ0n) is 9.71. The van der Waals surface area contributed by atoms with Crippen LogP contribution in [0.15, 0.2) is 0 Å². The lowest BCUT2D eigenvalue weighted by atomic mass is 9.88. The number of unbranched alkanes of at least 4 members (excludes halogenated alkanes) is 1. The average molecular weight is 214 g/mol. The van der Waals surface area contributed by atoms with Crippen LogP contribution in [0.5, 0.6) is 0 Å². The minimum atomic E-state index is -0.352. The number of hydrogen-bond acceptors (Lipinski definition) is 3. The largest absolute Gasteiger partial charge is 0.380 e. The molecule has 1 rings (SSSR count). The topological polar surface area (TPSA) is 64.4 Å². The predicted molar refractivity (Wildman–Crippen MR) is 59.4 cm³/mol. The Hall–Kier alpha value is -0.610. The van der Waals surface area contributed by atoms with Gasteiger partial charge in [-0.25, -0.2) is 0 Å². The third-order valence-corrected chi connectivity index (χ3v) is 2.80. The van der Waals surface area contributed by atoms with Crippen LogP contribution >= 0.6 is 0 Å². The zero-order valence-corrected chi connectivity index (χ0v) is 9.71. The van der Waals surface area contributed by atoms with Crippen LogP contribution in [0, 0.1) is 5.41 Å². The van der Waals surface area contributed by atoms with Crippen molar-refractivity contribution >= 4 is 5.91 Å². The molecule has 4 heteroatoms. The lowest BCUT2D eigenvalue weighted by molar-refractivity contribution is -0.128. The summed E-state index contributed by atoms with van der Waals surface area (Å²) in [4.78, 5) is 11.6. The number of carbonyl (C=O) groups excluding carboxylic acids is 1. The zero-order chi connectivity index (χ0) is 11.3. The summed E-state index contributed by atoms with van der Waals surface area (Å²) in [6.45, 7) is 6.34. The van der Waals surface area contributed by atoms with E-state index in [4.69, 9.17) is 10.5 Å². The molecule has 0 aromatic rings. The van der Waals surface area contributed by atoms with Crippen molar-refractivity contribution in [3.63, 3.8) is 0 Å². The highest BCUT2D eigenvalue weighted by Crippen LogP contribution is 2.24. The van der Waals surface area contributed by atoms with Gasteiger partial charge in [-0.2, -0.15) is 0 Å². The van der Waals surface area contributed by atoms with E-state index in [0.29, 0.717) is 6.54 Å². The van der Waals surface area contributed by atoms with Crippen LogP contribution in [0.3, 0.4) is 0 Å². The summed E-state index contributed by atoms with van der Waals surface area (Å²) in [7, 11) is 0. The first-order valence-electron chi connectivity index (χ1n) is 5.68. The molecule has 1 atom stereocenters. The average Bonchev–Trinajstić information content (AvgIpc) is 2.19. The van der Waals surface area contributed by atoms with Gasteiger partial charge in [0.25, 0.3) is 0 Å². The van der Waals surface area contributed by atoms with Gasteiger partial charge >= 0.3 is 0 Å². The van der Waals surface area contributed by atoms with Crippen LogP contribution in [0.25, 0.3) is 0 Å². The molecule has 0 saturated carbocycles. The Bertz CT molecular complexity index is 215. The minimum Gasteiger partial charge on any atom is -0.380 e. The highest BCUT2D eigenvalue weighted by molar-refractivity contribution is 5.81. The Balaban J connectivity index is 2.17. The molecule has 1 fully saturated rings. The summed E-state index contributed by atoms with van der Waals surface area (Å²) in [5.74, 6) is -0.0309. The molecule has 0 bridgehead atoms. The summed E-state index contributed by atoms with van der Waals surface area (Å²) in [6, 6.07) is -0.352. The molecular formula is C11H22N2O2. The van der Waals surface area contributed by atoms with Crippen LogP contribution in [0.2, 0.25) is 0 Å². The van der Waals surface area contributed by atoms with Gasteiger partial charge in [0.05, 0.1) is 19.3 Å². The monoisotopic (exact) mass is 214 g/mol. The molecule has 1 heterocycles. The Morgan fingerprint density at radius 1 is 1.60 bits per heavy atom. The van der Waals surface area contributed by atoms with E-state index in [1.54, 1.807) is 0 Å². The molecule has 0 radical (unpaired) electrons. The van der Waals surface area contributed by atoms with Gasteiger partial charge in [-0.15, -0.1) is 0 Å². The molecule has 3 N–H and O–H groups in total. The van der Waals surface area contributed by atoms with Crippen molar-refractivity contribution in [3.05, 3.63) is 0 Å². The number of hydrogen-bond donors (Lipinski definition) is 2. The first-order valence-corrected chi connectivity index (χ1v) is 5.68. The second-order valence-electron chi connectivity index (χ2n) is 4.77. The second kappa shape index (κ2) is 5.47. The maximum absolute atomic E-state index is 11.6. The van der Waals surface area contributed by atoms with Crippen molar-refractivity contribution < 1.29 is 9.53 Å². The molecule has 88 valence electrons. The molecule has 0 aliphatic carbocycles. The maximum atomic E-state index is 11.6. The van der Waals surface area contributed by atoms with Crippen LogP contribution in [0.4, 0.5) is 0 Å². The van der Waals surface area contributed by atoms with Gasteiger partial charge in [0, 0.05) is 12.0 Å². The third kappa shape index (κ3) is 3.80. The van der Waals surface area contributed by atoms with Crippen LogP contribution in [-0.4, -0.2) is 31.7 Å². The highest BCUT2D eigenvalue weighted by Gasteiger charge is 2.33. The van der Waals surface area contributed by atoms with E-state index in [2.05, 4.69) is 19.2 Å². The van der Waals surface area contributed by atoms with Gasteiger partial charge in [-0.05, 0) is 6.42 Å². The number of nitrogens with two attached hydrogens (primary N) is 1. The van der Waals surface area contributed by atoms with Gasteiger partial charge in [-0.3, -0.25) is 4.79 Å². The van der Waals surface area contributed by atoms with Gasteiger partial charge in [0.2, 0.25) is 5.91 Å². The smallest absolute Gasteiger partial charge is 0.236 e. The van der Waals surface area contributed by atoms with E-state index in [9.17, 15) is 4.79 Å². The van der Waals surface area contributed by atoms with E-state index in [1.807, 2.05) is 0 Å². The predicted octanol–water partition coefficient (Wildman–Crippen LogP) is 0.657. The molecule has 0 aromatic carbocycles. The third-order valence-electron chi connectivity index (χ3n) is 2.80. The molecule has 1 aliphatic heterocycles. The van der Waals surface area contributed by atoms with Crippen LogP contribution in [0.1, 0.15) is 33.1 Å². The summed E-state index contributed by atoms with van der Waals surface area (Å²) < 4.78 is 5.11. The Kier molecular flexibility index (Phi) is 4.54. The number of rotatable bonds is 6. The van der Waals surface area contributed by atoms with Crippen molar-refractivity contribution in [2.75, 3.05) is 19.8 Å². The molecule has 1 saturated heterocycles. The van der Waals surface area contributed by atoms with Crippen molar-refractivity contribution in [2.45, 2.75) is 39.2 Å². The lowest BCUT2D eigenvalue weighted by Crippen LogP contribution is -2.51. The number of nitrogens with one attached hydrogen (secondary N) is 1.